The molecule has 6 nitrogen and oxygen atoms in total. The van der Waals surface area contributed by atoms with E-state index in [2.05, 4.69) is 26.1 Å². The summed E-state index contributed by atoms with van der Waals surface area (Å²) in [6.07, 6.45) is 1.76. The maximum absolute atomic E-state index is 12.4. The highest BCUT2D eigenvalue weighted by Crippen LogP contribution is 2.29. The molecule has 138 valence electrons. The fourth-order valence-corrected chi connectivity index (χ4v) is 4.27. The van der Waals surface area contributed by atoms with Crippen LogP contribution in [-0.2, 0) is 15.7 Å². The van der Waals surface area contributed by atoms with Gasteiger partial charge in [-0.05, 0) is 42.5 Å². The summed E-state index contributed by atoms with van der Waals surface area (Å²) in [5.41, 5.74) is 5.50. The van der Waals surface area contributed by atoms with Crippen LogP contribution in [0.5, 0.6) is 0 Å². The lowest BCUT2D eigenvalue weighted by Crippen LogP contribution is -2.21. The zero-order valence-corrected chi connectivity index (χ0v) is 16.3. The minimum atomic E-state index is -1.30. The summed E-state index contributed by atoms with van der Waals surface area (Å²) in [6, 6.07) is 13.6. The number of methoxy groups -OCH3 is 1. The lowest BCUT2D eigenvalue weighted by molar-refractivity contribution is 0.205. The average Bonchev–Trinajstić information content (AvgIpc) is 3.16. The van der Waals surface area contributed by atoms with E-state index in [9.17, 15) is 4.21 Å². The molecule has 0 radical (unpaired) electrons. The normalized spacial score (nSPS) is 12.5. The van der Waals surface area contributed by atoms with E-state index < -0.39 is 11.0 Å². The molecule has 27 heavy (non-hydrogen) atoms. The van der Waals surface area contributed by atoms with Crippen LogP contribution < -0.4 is 10.0 Å². The second-order valence-electron chi connectivity index (χ2n) is 5.85. The number of hydrogen-bond acceptors (Lipinski definition) is 6. The third kappa shape index (κ3) is 3.98. The third-order valence-corrected chi connectivity index (χ3v) is 6.03. The van der Waals surface area contributed by atoms with Gasteiger partial charge in [0.2, 0.25) is 0 Å². The molecule has 0 spiro atoms. The Morgan fingerprint density at radius 3 is 2.93 bits per heavy atom. The Morgan fingerprint density at radius 1 is 1.11 bits per heavy atom. The van der Waals surface area contributed by atoms with Crippen molar-refractivity contribution in [2.45, 2.75) is 4.90 Å². The van der Waals surface area contributed by atoms with E-state index in [-0.39, 0.29) is 0 Å². The Hall–Kier alpha value is -2.39. The zero-order valence-electron chi connectivity index (χ0n) is 14.6. The molecule has 8 heteroatoms. The topological polar surface area (TPSA) is 76.1 Å². The van der Waals surface area contributed by atoms with Gasteiger partial charge in [0.1, 0.15) is 11.0 Å². The molecular weight excluding hydrogens is 380 g/mol. The lowest BCUT2D eigenvalue weighted by atomic mass is 10.2. The van der Waals surface area contributed by atoms with E-state index in [0.29, 0.717) is 18.0 Å². The largest absolute Gasteiger partial charge is 0.383 e. The molecule has 1 unspecified atom stereocenters. The van der Waals surface area contributed by atoms with Crippen molar-refractivity contribution < 1.29 is 8.95 Å². The fourth-order valence-electron chi connectivity index (χ4n) is 2.76. The van der Waals surface area contributed by atoms with E-state index in [0.717, 1.165) is 32.5 Å². The molecule has 0 bridgehead atoms. The van der Waals surface area contributed by atoms with Gasteiger partial charge in [-0.2, -0.15) is 0 Å². The summed E-state index contributed by atoms with van der Waals surface area (Å²) in [5.74, 6) is 0. The van der Waals surface area contributed by atoms with E-state index >= 15 is 0 Å². The summed E-state index contributed by atoms with van der Waals surface area (Å²) in [5, 5.41) is 4.34. The molecule has 2 heterocycles. The summed E-state index contributed by atoms with van der Waals surface area (Å²) < 4.78 is 21.5. The van der Waals surface area contributed by atoms with Crippen LogP contribution in [0.25, 0.3) is 21.1 Å². The van der Waals surface area contributed by atoms with Gasteiger partial charge in [0.05, 0.1) is 32.7 Å². The van der Waals surface area contributed by atoms with Gasteiger partial charge in [-0.1, -0.05) is 0 Å². The number of hydrogen-bond donors (Lipinski definition) is 2. The molecule has 0 aliphatic heterocycles. The van der Waals surface area contributed by atoms with Gasteiger partial charge in [-0.25, -0.2) is 13.9 Å². The first-order chi connectivity index (χ1) is 13.2. The van der Waals surface area contributed by atoms with Crippen LogP contribution in [0.3, 0.4) is 0 Å². The molecule has 0 fully saturated rings. The summed E-state index contributed by atoms with van der Waals surface area (Å²) in [4.78, 5) is 9.47. The highest BCUT2D eigenvalue weighted by molar-refractivity contribution is 7.83. The van der Waals surface area contributed by atoms with Crippen LogP contribution in [-0.4, -0.2) is 34.4 Å². The van der Waals surface area contributed by atoms with E-state index in [1.54, 1.807) is 24.6 Å². The van der Waals surface area contributed by atoms with Crippen LogP contribution in [0.15, 0.2) is 59.1 Å². The number of ether oxygens (including phenoxy) is 1. The molecule has 1 atom stereocenters. The number of nitrogens with one attached hydrogen (secondary N) is 2. The molecule has 0 amide bonds. The van der Waals surface area contributed by atoms with E-state index in [1.165, 1.54) is 0 Å². The number of nitrogens with zero attached hydrogens (tertiary/aromatic N) is 2. The highest BCUT2D eigenvalue weighted by Gasteiger charge is 2.09. The molecule has 2 aromatic heterocycles. The molecule has 0 saturated carbocycles. The van der Waals surface area contributed by atoms with Crippen molar-refractivity contribution >= 4 is 54.8 Å². The Balaban J connectivity index is 1.65. The molecule has 0 aliphatic carbocycles. The van der Waals surface area contributed by atoms with Gasteiger partial charge in [-0.3, -0.25) is 4.98 Å². The number of thiazole rings is 1. The van der Waals surface area contributed by atoms with Crippen molar-refractivity contribution in [2.75, 3.05) is 25.6 Å². The van der Waals surface area contributed by atoms with Gasteiger partial charge in [0.15, 0.2) is 0 Å². The summed E-state index contributed by atoms with van der Waals surface area (Å²) in [7, 11) is 0.315. The van der Waals surface area contributed by atoms with Gasteiger partial charge in [0, 0.05) is 36.6 Å². The average molecular weight is 399 g/mol. The van der Waals surface area contributed by atoms with Crippen LogP contribution in [0.2, 0.25) is 0 Å². The zero-order chi connectivity index (χ0) is 18.6. The first-order valence-electron chi connectivity index (χ1n) is 8.38. The maximum atomic E-state index is 12.4. The molecule has 4 aromatic rings. The Bertz CT molecular complexity index is 1110. The predicted molar refractivity (Wildman–Crippen MR) is 111 cm³/mol. The lowest BCUT2D eigenvalue weighted by Gasteiger charge is -2.11. The summed E-state index contributed by atoms with van der Waals surface area (Å²) >= 11 is 1.62. The number of rotatable bonds is 7. The predicted octanol–water partition coefficient (Wildman–Crippen LogP) is 3.85. The SMILES string of the molecule is COCCNS(=O)c1ccc2nccc(Nc3ccc4scnc4c3)c2c1. The van der Waals surface area contributed by atoms with E-state index in [1.807, 2.05) is 41.9 Å². The van der Waals surface area contributed by atoms with Crippen molar-refractivity contribution in [3.05, 3.63) is 54.2 Å². The third-order valence-electron chi connectivity index (χ3n) is 4.08. The molecule has 2 N–H and O–H groups in total. The number of anilines is 2. The summed E-state index contributed by atoms with van der Waals surface area (Å²) in [6.45, 7) is 1.03. The molecule has 0 aliphatic rings. The van der Waals surface area contributed by atoms with Crippen molar-refractivity contribution in [2.24, 2.45) is 0 Å². The Morgan fingerprint density at radius 2 is 2.04 bits per heavy atom. The second-order valence-corrected chi connectivity index (χ2v) is 8.04. The monoisotopic (exact) mass is 398 g/mol. The van der Waals surface area contributed by atoms with Crippen LogP contribution in [0, 0.1) is 0 Å². The number of fused-ring (bicyclic) bond motifs is 2. The minimum Gasteiger partial charge on any atom is -0.383 e. The second kappa shape index (κ2) is 8.10. The smallest absolute Gasteiger partial charge is 0.124 e. The number of aromatic nitrogens is 2. The van der Waals surface area contributed by atoms with Crippen molar-refractivity contribution in [1.82, 2.24) is 14.7 Å². The van der Waals surface area contributed by atoms with Crippen molar-refractivity contribution in [1.29, 1.82) is 0 Å². The van der Waals surface area contributed by atoms with Gasteiger partial charge in [0.25, 0.3) is 0 Å². The Kier molecular flexibility index (Phi) is 5.40. The highest BCUT2D eigenvalue weighted by atomic mass is 32.2. The van der Waals surface area contributed by atoms with Crippen molar-refractivity contribution in [3.63, 3.8) is 0 Å². The Labute approximate surface area is 163 Å². The van der Waals surface area contributed by atoms with Crippen LogP contribution in [0.4, 0.5) is 11.4 Å². The van der Waals surface area contributed by atoms with Gasteiger partial charge in [-0.15, -0.1) is 11.3 Å². The standard InChI is InChI=1S/C19H18N4O2S2/c1-25-9-8-22-27(24)14-3-4-16-15(11-14)17(6-7-20-16)23-13-2-5-19-18(10-13)21-12-26-19/h2-7,10-12,22H,8-9H2,1H3,(H,20,23). The first kappa shape index (κ1) is 18.0. The maximum Gasteiger partial charge on any atom is 0.124 e. The van der Waals surface area contributed by atoms with Crippen molar-refractivity contribution in [3.8, 4) is 0 Å². The first-order valence-corrected chi connectivity index (χ1v) is 10.4. The fraction of sp³-hybridized carbons (Fsp3) is 0.158. The number of benzene rings is 2. The molecule has 4 rings (SSSR count). The molecular formula is C19H18N4O2S2. The van der Waals surface area contributed by atoms with Gasteiger partial charge < -0.3 is 10.1 Å². The number of pyridine rings is 1. The van der Waals surface area contributed by atoms with Crippen LogP contribution >= 0.6 is 11.3 Å². The van der Waals surface area contributed by atoms with Gasteiger partial charge >= 0.3 is 0 Å². The molecule has 0 saturated heterocycles. The quantitative estimate of drug-likeness (QED) is 0.463. The van der Waals surface area contributed by atoms with Crippen LogP contribution in [0.1, 0.15) is 0 Å². The molecule has 2 aromatic carbocycles. The van der Waals surface area contributed by atoms with E-state index in [4.69, 9.17) is 4.74 Å². The minimum absolute atomic E-state index is 0.507.